The van der Waals surface area contributed by atoms with Crippen molar-refractivity contribution in [3.63, 3.8) is 0 Å². The summed E-state index contributed by atoms with van der Waals surface area (Å²) in [5, 5.41) is 4.38. The summed E-state index contributed by atoms with van der Waals surface area (Å²) in [7, 11) is 0. The summed E-state index contributed by atoms with van der Waals surface area (Å²) in [6.07, 6.45) is 2.12. The summed E-state index contributed by atoms with van der Waals surface area (Å²) < 4.78 is 5.58. The van der Waals surface area contributed by atoms with Crippen molar-refractivity contribution >= 4 is 41.3 Å². The van der Waals surface area contributed by atoms with Gasteiger partial charge in [-0.25, -0.2) is 4.79 Å². The molecule has 0 aliphatic carbocycles. The van der Waals surface area contributed by atoms with Gasteiger partial charge in [-0.2, -0.15) is 0 Å². The maximum atomic E-state index is 13.2. The minimum Gasteiger partial charge on any atom is -0.456 e. The molecule has 0 aromatic heterocycles. The van der Waals surface area contributed by atoms with E-state index in [2.05, 4.69) is 12.2 Å². The quantitative estimate of drug-likeness (QED) is 0.310. The first kappa shape index (κ1) is 24.2. The Morgan fingerprint density at radius 2 is 1.82 bits per heavy atom. The van der Waals surface area contributed by atoms with Gasteiger partial charge in [0, 0.05) is 34.6 Å². The summed E-state index contributed by atoms with van der Waals surface area (Å²) in [5.74, 6) is -0.906. The van der Waals surface area contributed by atoms with E-state index in [0.29, 0.717) is 12.1 Å². The van der Waals surface area contributed by atoms with E-state index in [-0.39, 0.29) is 35.6 Å². The molecular weight excluding hydrogens is 468 g/mol. The van der Waals surface area contributed by atoms with E-state index in [1.54, 1.807) is 22.1 Å². The van der Waals surface area contributed by atoms with Crippen LogP contribution in [0.1, 0.15) is 25.8 Å². The first-order valence-corrected chi connectivity index (χ1v) is 12.8. The molecule has 0 radical (unpaired) electrons. The van der Waals surface area contributed by atoms with Crippen molar-refractivity contribution in [3.8, 4) is 0 Å². The molecular formula is C26H26N2O4S2. The number of β-lactam (4-membered cyclic amide) rings is 1. The molecule has 1 fully saturated rings. The molecule has 8 heteroatoms. The van der Waals surface area contributed by atoms with Gasteiger partial charge in [-0.1, -0.05) is 67.2 Å². The van der Waals surface area contributed by atoms with Gasteiger partial charge in [0.05, 0.1) is 12.0 Å². The molecule has 3 atom stereocenters. The molecule has 0 saturated carbocycles. The molecule has 0 bridgehead atoms. The minimum atomic E-state index is -0.503. The number of thioether (sulfide) groups is 2. The normalized spacial score (nSPS) is 20.2. The molecule has 4 rings (SSSR count). The Kier molecular flexibility index (Phi) is 7.80. The second-order valence-corrected chi connectivity index (χ2v) is 10.5. The average molecular weight is 495 g/mol. The van der Waals surface area contributed by atoms with Crippen molar-refractivity contribution in [1.82, 2.24) is 10.2 Å². The van der Waals surface area contributed by atoms with Gasteiger partial charge in [0.25, 0.3) is 0 Å². The number of ether oxygens (including phenoxy) is 1. The van der Waals surface area contributed by atoms with Crippen LogP contribution in [0.15, 0.2) is 87.8 Å². The first-order chi connectivity index (χ1) is 16.5. The predicted octanol–water partition coefficient (Wildman–Crippen LogP) is 4.69. The average Bonchev–Trinajstić information content (AvgIpc) is 3.15. The molecule has 2 heterocycles. The molecule has 2 aromatic carbocycles. The van der Waals surface area contributed by atoms with Crippen molar-refractivity contribution in [1.29, 1.82) is 0 Å². The van der Waals surface area contributed by atoms with Crippen LogP contribution in [0, 0.1) is 5.92 Å². The van der Waals surface area contributed by atoms with E-state index < -0.39 is 5.97 Å². The SMILES string of the molecule is CC(=O)N/C=C/SC1=C(C(=O)OCc2ccccc2)N2C(=O)[C@H]([C@@H](C)Sc3ccccc3)[C@H]2C1. The lowest BCUT2D eigenvalue weighted by atomic mass is 9.85. The van der Waals surface area contributed by atoms with Crippen LogP contribution in [0.25, 0.3) is 0 Å². The predicted molar refractivity (Wildman–Crippen MR) is 134 cm³/mol. The number of esters is 1. The summed E-state index contributed by atoms with van der Waals surface area (Å²) in [5.41, 5.74) is 1.20. The molecule has 2 aromatic rings. The molecule has 176 valence electrons. The third kappa shape index (κ3) is 5.39. The van der Waals surface area contributed by atoms with Crippen molar-refractivity contribution in [2.75, 3.05) is 0 Å². The fraction of sp³-hybridized carbons (Fsp3) is 0.269. The highest BCUT2D eigenvalue weighted by atomic mass is 32.2. The summed E-state index contributed by atoms with van der Waals surface area (Å²) in [6.45, 7) is 3.63. The summed E-state index contributed by atoms with van der Waals surface area (Å²) in [6, 6.07) is 19.4. The number of nitrogens with one attached hydrogen (secondary N) is 1. The van der Waals surface area contributed by atoms with Gasteiger partial charge in [-0.15, -0.1) is 11.8 Å². The fourth-order valence-electron chi connectivity index (χ4n) is 4.16. The first-order valence-electron chi connectivity index (χ1n) is 11.0. The number of benzene rings is 2. The lowest BCUT2D eigenvalue weighted by molar-refractivity contribution is -0.156. The van der Waals surface area contributed by atoms with E-state index in [4.69, 9.17) is 4.74 Å². The molecule has 0 spiro atoms. The highest BCUT2D eigenvalue weighted by molar-refractivity contribution is 8.05. The van der Waals surface area contributed by atoms with Gasteiger partial charge >= 0.3 is 5.97 Å². The lowest BCUT2D eigenvalue weighted by Gasteiger charge is -2.46. The second kappa shape index (κ2) is 11.0. The standard InChI is InChI=1S/C26H26N2O4S2/c1-17(34-20-11-7-4-8-12-20)23-21-15-22(33-14-13-27-18(2)29)24(28(21)25(23)30)26(31)32-16-19-9-5-3-6-10-19/h3-14,17,21,23H,15-16H2,1-2H3,(H,27,29)/b14-13+/t17-,21-,23-/m1/s1. The van der Waals surface area contributed by atoms with Gasteiger partial charge in [0.1, 0.15) is 12.3 Å². The number of hydrogen-bond donors (Lipinski definition) is 1. The Morgan fingerprint density at radius 3 is 2.50 bits per heavy atom. The molecule has 2 aliphatic heterocycles. The van der Waals surface area contributed by atoms with Gasteiger partial charge in [-0.05, 0) is 23.1 Å². The second-order valence-electron chi connectivity index (χ2n) is 8.10. The van der Waals surface area contributed by atoms with Crippen LogP contribution in [0.2, 0.25) is 0 Å². The molecule has 2 aliphatic rings. The lowest BCUT2D eigenvalue weighted by Crippen LogP contribution is -2.61. The molecule has 34 heavy (non-hydrogen) atoms. The molecule has 0 unspecified atom stereocenters. The zero-order valence-corrected chi connectivity index (χ0v) is 20.6. The number of carbonyl (C=O) groups is 3. The topological polar surface area (TPSA) is 75.7 Å². The number of nitrogens with zero attached hydrogens (tertiary/aromatic N) is 1. The van der Waals surface area contributed by atoms with Gasteiger partial charge < -0.3 is 15.0 Å². The third-order valence-electron chi connectivity index (χ3n) is 5.71. The largest absolute Gasteiger partial charge is 0.456 e. The number of fused-ring (bicyclic) bond motifs is 1. The van der Waals surface area contributed by atoms with Gasteiger partial charge in [-0.3, -0.25) is 9.59 Å². The van der Waals surface area contributed by atoms with Crippen LogP contribution < -0.4 is 5.32 Å². The number of hydrogen-bond acceptors (Lipinski definition) is 6. The summed E-state index contributed by atoms with van der Waals surface area (Å²) in [4.78, 5) is 40.9. The Bertz CT molecular complexity index is 1120. The van der Waals surface area contributed by atoms with Gasteiger partial charge in [0.2, 0.25) is 11.8 Å². The minimum absolute atomic E-state index is 0.0472. The van der Waals surface area contributed by atoms with Crippen molar-refractivity contribution in [2.45, 2.75) is 43.1 Å². The summed E-state index contributed by atoms with van der Waals surface area (Å²) >= 11 is 3.01. The van der Waals surface area contributed by atoms with E-state index in [1.165, 1.54) is 24.9 Å². The van der Waals surface area contributed by atoms with Crippen molar-refractivity contribution < 1.29 is 19.1 Å². The monoisotopic (exact) mass is 494 g/mol. The molecule has 2 amide bonds. The van der Waals surface area contributed by atoms with Crippen molar-refractivity contribution in [3.05, 3.63) is 88.4 Å². The van der Waals surface area contributed by atoms with Crippen LogP contribution >= 0.6 is 23.5 Å². The Hall–Kier alpha value is -2.97. The Balaban J connectivity index is 1.49. The third-order valence-corrected chi connectivity index (χ3v) is 7.84. The van der Waals surface area contributed by atoms with E-state index >= 15 is 0 Å². The van der Waals surface area contributed by atoms with E-state index in [9.17, 15) is 14.4 Å². The zero-order valence-electron chi connectivity index (χ0n) is 19.0. The molecule has 1 N–H and O–H groups in total. The van der Waals surface area contributed by atoms with E-state index in [0.717, 1.165) is 15.4 Å². The number of rotatable bonds is 9. The smallest absolute Gasteiger partial charge is 0.356 e. The highest BCUT2D eigenvalue weighted by Crippen LogP contribution is 2.50. The Morgan fingerprint density at radius 1 is 1.15 bits per heavy atom. The highest BCUT2D eigenvalue weighted by Gasteiger charge is 2.57. The van der Waals surface area contributed by atoms with Crippen molar-refractivity contribution in [2.24, 2.45) is 5.92 Å². The maximum Gasteiger partial charge on any atom is 0.356 e. The van der Waals surface area contributed by atoms with Crippen LogP contribution in [0.3, 0.4) is 0 Å². The number of carbonyl (C=O) groups excluding carboxylic acids is 3. The zero-order chi connectivity index (χ0) is 24.1. The van der Waals surface area contributed by atoms with Crippen LogP contribution in [0.4, 0.5) is 0 Å². The fourth-order valence-corrected chi connectivity index (χ4v) is 6.21. The van der Waals surface area contributed by atoms with Crippen LogP contribution in [-0.2, 0) is 25.7 Å². The number of amides is 2. The van der Waals surface area contributed by atoms with Crippen LogP contribution in [0.5, 0.6) is 0 Å². The molecule has 1 saturated heterocycles. The van der Waals surface area contributed by atoms with Crippen LogP contribution in [-0.4, -0.2) is 34.0 Å². The van der Waals surface area contributed by atoms with E-state index in [1.807, 2.05) is 60.7 Å². The Labute approximate surface area is 207 Å². The maximum absolute atomic E-state index is 13.2. The van der Waals surface area contributed by atoms with Gasteiger partial charge in [0.15, 0.2) is 0 Å². The molecule has 6 nitrogen and oxygen atoms in total.